The van der Waals surface area contributed by atoms with Crippen molar-refractivity contribution in [1.29, 1.82) is 0 Å². The highest BCUT2D eigenvalue weighted by Gasteiger charge is 2.21. The summed E-state index contributed by atoms with van der Waals surface area (Å²) in [5, 5.41) is 7.56. The van der Waals surface area contributed by atoms with Crippen molar-refractivity contribution in [3.05, 3.63) is 94.5 Å². The normalized spacial score (nSPS) is 11.8. The van der Waals surface area contributed by atoms with Crippen molar-refractivity contribution < 1.29 is 0 Å². The van der Waals surface area contributed by atoms with Crippen LogP contribution in [0.5, 0.6) is 0 Å². The van der Waals surface area contributed by atoms with Gasteiger partial charge in [-0.3, -0.25) is 19.2 Å². The van der Waals surface area contributed by atoms with Crippen LogP contribution >= 0.6 is 0 Å². The number of aromatic nitrogens is 4. The number of nitrogens with zero attached hydrogens (tertiary/aromatic N) is 5. The van der Waals surface area contributed by atoms with E-state index in [4.69, 9.17) is 10.7 Å². The number of aliphatic imine (C=N–C) groups is 1. The number of rotatable bonds is 7. The lowest BCUT2D eigenvalue weighted by atomic mass is 10.2. The van der Waals surface area contributed by atoms with E-state index in [-0.39, 0.29) is 5.56 Å². The molecule has 8 nitrogen and oxygen atoms in total. The fourth-order valence-electron chi connectivity index (χ4n) is 3.65. The van der Waals surface area contributed by atoms with Gasteiger partial charge in [0.2, 0.25) is 0 Å². The fraction of sp³-hybridized carbons (Fsp3) is 0.240. The van der Waals surface area contributed by atoms with Crippen LogP contribution < -0.4 is 16.6 Å². The molecular weight excluding hydrogens is 414 g/mol. The monoisotopic (exact) mass is 443 g/mol. The van der Waals surface area contributed by atoms with Gasteiger partial charge in [-0.1, -0.05) is 44.2 Å². The molecule has 2 heterocycles. The summed E-state index contributed by atoms with van der Waals surface area (Å²) in [5.74, 6) is 1.21. The molecule has 4 rings (SSSR count). The summed E-state index contributed by atoms with van der Waals surface area (Å²) < 4.78 is 5.17. The van der Waals surface area contributed by atoms with Gasteiger partial charge in [0.1, 0.15) is 17.2 Å². The molecule has 2 aromatic heterocycles. The third-order valence-corrected chi connectivity index (χ3v) is 5.34. The molecule has 2 aromatic carbocycles. The summed E-state index contributed by atoms with van der Waals surface area (Å²) in [4.78, 5) is 17.9. The second-order valence-electron chi connectivity index (χ2n) is 8.34. The van der Waals surface area contributed by atoms with Crippen LogP contribution in [0, 0.1) is 5.92 Å². The Balaban J connectivity index is 1.69. The van der Waals surface area contributed by atoms with Gasteiger partial charge in [0.15, 0.2) is 0 Å². The van der Waals surface area contributed by atoms with Crippen LogP contribution in [0.2, 0.25) is 0 Å². The molecule has 0 bridgehead atoms. The van der Waals surface area contributed by atoms with Crippen molar-refractivity contribution >= 4 is 17.3 Å². The zero-order valence-electron chi connectivity index (χ0n) is 19.1. The van der Waals surface area contributed by atoms with Gasteiger partial charge in [-0.2, -0.15) is 5.10 Å². The number of nitrogen functional groups attached to an aromatic ring is 1. The van der Waals surface area contributed by atoms with E-state index < -0.39 is 0 Å². The summed E-state index contributed by atoms with van der Waals surface area (Å²) >= 11 is 0. The Morgan fingerprint density at radius 1 is 1.09 bits per heavy atom. The molecule has 0 saturated heterocycles. The Morgan fingerprint density at radius 3 is 2.45 bits per heavy atom. The second kappa shape index (κ2) is 9.60. The maximum absolute atomic E-state index is 13.1. The molecule has 33 heavy (non-hydrogen) atoms. The van der Waals surface area contributed by atoms with Gasteiger partial charge in [-0.05, 0) is 41.8 Å². The van der Waals surface area contributed by atoms with Gasteiger partial charge in [0.05, 0.1) is 12.2 Å². The maximum Gasteiger partial charge on any atom is 0.279 e. The number of amidine groups is 1. The van der Waals surface area contributed by atoms with Crippen LogP contribution in [0.25, 0.3) is 5.69 Å². The van der Waals surface area contributed by atoms with Gasteiger partial charge in [0, 0.05) is 31.7 Å². The lowest BCUT2D eigenvalue weighted by Crippen LogP contribution is -2.26. The highest BCUT2D eigenvalue weighted by atomic mass is 16.1. The van der Waals surface area contributed by atoms with E-state index in [0.717, 1.165) is 16.9 Å². The predicted octanol–water partition coefficient (Wildman–Crippen LogP) is 3.67. The molecule has 0 amide bonds. The minimum absolute atomic E-state index is 0.177. The van der Waals surface area contributed by atoms with E-state index in [9.17, 15) is 4.79 Å². The number of hydrogen-bond donors (Lipinski definition) is 2. The first-order valence-corrected chi connectivity index (χ1v) is 10.9. The van der Waals surface area contributed by atoms with E-state index in [1.165, 1.54) is 0 Å². The molecule has 0 saturated carbocycles. The largest absolute Gasteiger partial charge is 0.383 e. The third-order valence-electron chi connectivity index (χ3n) is 5.34. The van der Waals surface area contributed by atoms with Crippen molar-refractivity contribution in [2.24, 2.45) is 18.0 Å². The fourth-order valence-corrected chi connectivity index (χ4v) is 3.65. The average Bonchev–Trinajstić information content (AvgIpc) is 3.42. The number of nitrogens with two attached hydrogens (primary N) is 1. The number of benzene rings is 2. The van der Waals surface area contributed by atoms with Crippen LogP contribution in [-0.2, 0) is 20.1 Å². The third kappa shape index (κ3) is 4.90. The first-order valence-electron chi connectivity index (χ1n) is 10.9. The SMILES string of the molecule is CC(C)Cn1c(N)c(C(=NCc2ccc(-n3cccn3)cc2)Nc2ccccc2)c(=O)n1C. The van der Waals surface area contributed by atoms with Crippen LogP contribution in [0.15, 0.2) is 82.8 Å². The van der Waals surface area contributed by atoms with E-state index in [1.807, 2.05) is 71.5 Å². The molecule has 0 atom stereocenters. The lowest BCUT2D eigenvalue weighted by Gasteiger charge is -2.13. The van der Waals surface area contributed by atoms with Crippen molar-refractivity contribution in [2.45, 2.75) is 26.9 Å². The molecule has 0 spiro atoms. The van der Waals surface area contributed by atoms with Crippen molar-refractivity contribution in [1.82, 2.24) is 19.1 Å². The smallest absolute Gasteiger partial charge is 0.279 e. The Hall–Kier alpha value is -4.07. The molecule has 170 valence electrons. The maximum atomic E-state index is 13.1. The summed E-state index contributed by atoms with van der Waals surface area (Å²) in [6.45, 7) is 5.22. The van der Waals surface area contributed by atoms with Gasteiger partial charge in [-0.25, -0.2) is 4.68 Å². The lowest BCUT2D eigenvalue weighted by molar-refractivity contribution is 0.428. The van der Waals surface area contributed by atoms with Crippen LogP contribution in [-0.4, -0.2) is 25.0 Å². The minimum atomic E-state index is -0.177. The molecule has 0 fully saturated rings. The molecule has 4 aromatic rings. The molecule has 0 aliphatic heterocycles. The highest BCUT2D eigenvalue weighted by Crippen LogP contribution is 2.16. The van der Waals surface area contributed by atoms with E-state index >= 15 is 0 Å². The van der Waals surface area contributed by atoms with Crippen LogP contribution in [0.3, 0.4) is 0 Å². The van der Waals surface area contributed by atoms with E-state index in [1.54, 1.807) is 22.6 Å². The highest BCUT2D eigenvalue weighted by molar-refractivity contribution is 6.10. The predicted molar refractivity (Wildman–Crippen MR) is 133 cm³/mol. The summed E-state index contributed by atoms with van der Waals surface area (Å²) in [7, 11) is 1.73. The average molecular weight is 444 g/mol. The summed E-state index contributed by atoms with van der Waals surface area (Å²) in [6, 6.07) is 19.5. The summed E-state index contributed by atoms with van der Waals surface area (Å²) in [5.41, 5.74) is 9.49. The first-order chi connectivity index (χ1) is 15.9. The first kappa shape index (κ1) is 22.1. The van der Waals surface area contributed by atoms with Gasteiger partial charge < -0.3 is 11.1 Å². The van der Waals surface area contributed by atoms with E-state index in [0.29, 0.717) is 36.2 Å². The number of nitrogens with one attached hydrogen (secondary N) is 1. The van der Waals surface area contributed by atoms with Crippen LogP contribution in [0.4, 0.5) is 11.5 Å². The minimum Gasteiger partial charge on any atom is -0.383 e. The molecule has 0 unspecified atom stereocenters. The van der Waals surface area contributed by atoms with Crippen molar-refractivity contribution in [3.8, 4) is 5.69 Å². The second-order valence-corrected chi connectivity index (χ2v) is 8.34. The number of anilines is 2. The Kier molecular flexibility index (Phi) is 6.44. The molecule has 0 aliphatic rings. The molecule has 3 N–H and O–H groups in total. The summed E-state index contributed by atoms with van der Waals surface area (Å²) in [6.07, 6.45) is 3.64. The molecule has 8 heteroatoms. The Labute approximate surface area is 193 Å². The van der Waals surface area contributed by atoms with E-state index in [2.05, 4.69) is 24.3 Å². The molecule has 0 radical (unpaired) electrons. The topological polar surface area (TPSA) is 95.2 Å². The van der Waals surface area contributed by atoms with Crippen LogP contribution in [0.1, 0.15) is 25.0 Å². The zero-order valence-corrected chi connectivity index (χ0v) is 19.1. The number of para-hydroxylation sites is 1. The molecule has 0 aliphatic carbocycles. The Bertz CT molecular complexity index is 1280. The Morgan fingerprint density at radius 2 is 1.82 bits per heavy atom. The van der Waals surface area contributed by atoms with Crippen molar-refractivity contribution in [2.75, 3.05) is 11.1 Å². The van der Waals surface area contributed by atoms with Gasteiger partial charge >= 0.3 is 0 Å². The number of hydrogen-bond acceptors (Lipinski definition) is 4. The van der Waals surface area contributed by atoms with Crippen molar-refractivity contribution in [3.63, 3.8) is 0 Å². The van der Waals surface area contributed by atoms with Gasteiger partial charge in [-0.15, -0.1) is 0 Å². The quantitative estimate of drug-likeness (QED) is 0.337. The van der Waals surface area contributed by atoms with Gasteiger partial charge in [0.25, 0.3) is 5.56 Å². The molecular formula is C25H29N7O. The zero-order chi connectivity index (χ0) is 23.4. The standard InChI is InChI=1S/C25H29N7O/c1-18(2)17-32-23(26)22(25(33)30(32)3)24(29-20-8-5-4-6-9-20)27-16-19-10-12-21(13-11-19)31-15-7-14-28-31/h4-15,18H,16-17,26H2,1-3H3,(H,27,29).